The van der Waals surface area contributed by atoms with Gasteiger partial charge in [-0.3, -0.25) is 4.79 Å². The summed E-state index contributed by atoms with van der Waals surface area (Å²) in [5.74, 6) is 0.0597. The molecular formula is C15H24N2O3. The van der Waals surface area contributed by atoms with Gasteiger partial charge in [0, 0.05) is 26.3 Å². The fourth-order valence-corrected chi connectivity index (χ4v) is 2.07. The molecule has 0 radical (unpaired) electrons. The topological polar surface area (TPSA) is 75.8 Å². The lowest BCUT2D eigenvalue weighted by Crippen LogP contribution is -2.42. The van der Waals surface area contributed by atoms with Crippen LogP contribution in [0.2, 0.25) is 0 Å². The molecular weight excluding hydrogens is 256 g/mol. The number of carbonyl (C=O) groups is 1. The van der Waals surface area contributed by atoms with Gasteiger partial charge in [0.15, 0.2) is 0 Å². The average molecular weight is 280 g/mol. The number of hydrogen-bond acceptors (Lipinski definition) is 4. The monoisotopic (exact) mass is 280 g/mol. The highest BCUT2D eigenvalue weighted by Crippen LogP contribution is 2.27. The van der Waals surface area contributed by atoms with Crippen LogP contribution in [-0.4, -0.2) is 42.7 Å². The van der Waals surface area contributed by atoms with Crippen molar-refractivity contribution in [3.8, 4) is 5.75 Å². The van der Waals surface area contributed by atoms with Crippen molar-refractivity contribution >= 4 is 5.91 Å². The minimum Gasteiger partial charge on any atom is -0.508 e. The summed E-state index contributed by atoms with van der Waals surface area (Å²) in [5, 5.41) is 9.84. The number of para-hydroxylation sites is 1. The first kappa shape index (κ1) is 16.5. The standard InChI is InChI=1S/C15H24N2O3/c1-11(12-7-4-5-9-14(12)18)17(2)15(19)13(16)8-6-10-20-3/h4-5,7,9,11,13,18H,6,8,10,16H2,1-3H3. The smallest absolute Gasteiger partial charge is 0.239 e. The van der Waals surface area contributed by atoms with Crippen LogP contribution in [0.25, 0.3) is 0 Å². The van der Waals surface area contributed by atoms with E-state index in [4.69, 9.17) is 10.5 Å². The van der Waals surface area contributed by atoms with Crippen LogP contribution in [0, 0.1) is 0 Å². The third kappa shape index (κ3) is 4.21. The largest absolute Gasteiger partial charge is 0.508 e. The molecule has 1 aromatic rings. The van der Waals surface area contributed by atoms with E-state index in [9.17, 15) is 9.90 Å². The predicted octanol–water partition coefficient (Wildman–Crippen LogP) is 1.67. The van der Waals surface area contributed by atoms with Crippen LogP contribution in [0.4, 0.5) is 0 Å². The normalized spacial score (nSPS) is 13.8. The Balaban J connectivity index is 2.66. The molecule has 0 bridgehead atoms. The van der Waals surface area contributed by atoms with E-state index in [1.54, 1.807) is 37.3 Å². The van der Waals surface area contributed by atoms with E-state index in [0.29, 0.717) is 18.6 Å². The zero-order valence-corrected chi connectivity index (χ0v) is 12.4. The summed E-state index contributed by atoms with van der Waals surface area (Å²) in [7, 11) is 3.33. The van der Waals surface area contributed by atoms with Crippen molar-refractivity contribution in [3.05, 3.63) is 29.8 Å². The molecule has 5 nitrogen and oxygen atoms in total. The summed E-state index contributed by atoms with van der Waals surface area (Å²) < 4.78 is 4.95. The van der Waals surface area contributed by atoms with Crippen LogP contribution in [0.15, 0.2) is 24.3 Å². The molecule has 0 heterocycles. The average Bonchev–Trinajstić information content (AvgIpc) is 2.45. The van der Waals surface area contributed by atoms with Crippen molar-refractivity contribution in [1.29, 1.82) is 0 Å². The molecule has 20 heavy (non-hydrogen) atoms. The molecule has 5 heteroatoms. The predicted molar refractivity (Wildman–Crippen MR) is 78.4 cm³/mol. The second-order valence-electron chi connectivity index (χ2n) is 4.93. The van der Waals surface area contributed by atoms with E-state index < -0.39 is 6.04 Å². The van der Waals surface area contributed by atoms with Gasteiger partial charge in [-0.05, 0) is 25.8 Å². The second-order valence-corrected chi connectivity index (χ2v) is 4.93. The molecule has 0 aromatic heterocycles. The number of benzene rings is 1. The van der Waals surface area contributed by atoms with Crippen LogP contribution in [0.5, 0.6) is 5.75 Å². The van der Waals surface area contributed by atoms with Crippen LogP contribution in [0.3, 0.4) is 0 Å². The quantitative estimate of drug-likeness (QED) is 0.745. The highest BCUT2D eigenvalue weighted by molar-refractivity contribution is 5.81. The van der Waals surface area contributed by atoms with E-state index in [1.807, 2.05) is 13.0 Å². The number of rotatable bonds is 7. The molecule has 0 aliphatic heterocycles. The summed E-state index contributed by atoms with van der Waals surface area (Å²) in [6.45, 7) is 2.47. The lowest BCUT2D eigenvalue weighted by atomic mass is 10.0. The molecule has 0 fully saturated rings. The maximum atomic E-state index is 12.2. The number of ether oxygens (including phenoxy) is 1. The molecule has 1 aromatic carbocycles. The van der Waals surface area contributed by atoms with Crippen molar-refractivity contribution < 1.29 is 14.6 Å². The number of nitrogens with zero attached hydrogens (tertiary/aromatic N) is 1. The summed E-state index contributed by atoms with van der Waals surface area (Å²) in [6, 6.07) is 6.25. The summed E-state index contributed by atoms with van der Waals surface area (Å²) in [4.78, 5) is 13.8. The van der Waals surface area contributed by atoms with Gasteiger partial charge in [-0.15, -0.1) is 0 Å². The summed E-state index contributed by atoms with van der Waals surface area (Å²) in [5.41, 5.74) is 6.62. The fourth-order valence-electron chi connectivity index (χ4n) is 2.07. The molecule has 3 N–H and O–H groups in total. The van der Waals surface area contributed by atoms with Crippen molar-refractivity contribution in [1.82, 2.24) is 4.90 Å². The van der Waals surface area contributed by atoms with Gasteiger partial charge in [0.05, 0.1) is 12.1 Å². The third-order valence-corrected chi connectivity index (χ3v) is 3.50. The van der Waals surface area contributed by atoms with Crippen LogP contribution in [0.1, 0.15) is 31.4 Å². The van der Waals surface area contributed by atoms with Crippen molar-refractivity contribution in [2.24, 2.45) is 5.73 Å². The molecule has 0 saturated carbocycles. The number of nitrogens with two attached hydrogens (primary N) is 1. The molecule has 112 valence electrons. The SMILES string of the molecule is COCCCC(N)C(=O)N(C)C(C)c1ccccc1O. The van der Waals surface area contributed by atoms with Crippen LogP contribution >= 0.6 is 0 Å². The van der Waals surface area contributed by atoms with Crippen molar-refractivity contribution in [3.63, 3.8) is 0 Å². The number of methoxy groups -OCH3 is 1. The van der Waals surface area contributed by atoms with E-state index in [2.05, 4.69) is 0 Å². The van der Waals surface area contributed by atoms with Gasteiger partial charge in [-0.2, -0.15) is 0 Å². The first-order chi connectivity index (χ1) is 9.49. The van der Waals surface area contributed by atoms with E-state index in [0.717, 1.165) is 6.42 Å². The van der Waals surface area contributed by atoms with Crippen LogP contribution in [-0.2, 0) is 9.53 Å². The number of phenolic OH excluding ortho intramolecular Hbond substituents is 1. The highest BCUT2D eigenvalue weighted by atomic mass is 16.5. The first-order valence-electron chi connectivity index (χ1n) is 6.78. The Labute approximate surface area is 120 Å². The van der Waals surface area contributed by atoms with Gasteiger partial charge >= 0.3 is 0 Å². The lowest BCUT2D eigenvalue weighted by molar-refractivity contribution is -0.133. The molecule has 2 unspecified atom stereocenters. The van der Waals surface area contributed by atoms with E-state index in [1.165, 1.54) is 0 Å². The van der Waals surface area contributed by atoms with Crippen LogP contribution < -0.4 is 5.73 Å². The minimum absolute atomic E-state index is 0.128. The minimum atomic E-state index is -0.538. The first-order valence-corrected chi connectivity index (χ1v) is 6.78. The van der Waals surface area contributed by atoms with E-state index in [-0.39, 0.29) is 17.7 Å². The Bertz CT molecular complexity index is 437. The summed E-state index contributed by atoms with van der Waals surface area (Å²) >= 11 is 0. The number of carbonyl (C=O) groups excluding carboxylic acids is 1. The maximum absolute atomic E-state index is 12.2. The van der Waals surface area contributed by atoms with Gasteiger partial charge in [-0.1, -0.05) is 18.2 Å². The molecule has 1 rings (SSSR count). The van der Waals surface area contributed by atoms with Gasteiger partial charge in [-0.25, -0.2) is 0 Å². The molecule has 0 saturated heterocycles. The third-order valence-electron chi connectivity index (χ3n) is 3.50. The Kier molecular flexibility index (Phi) is 6.48. The Morgan fingerprint density at radius 3 is 2.70 bits per heavy atom. The molecule has 2 atom stereocenters. The highest BCUT2D eigenvalue weighted by Gasteiger charge is 2.23. The number of likely N-dealkylation sites (N-methyl/N-ethyl adjacent to an activating group) is 1. The molecule has 0 spiro atoms. The zero-order chi connectivity index (χ0) is 15.1. The van der Waals surface area contributed by atoms with Crippen molar-refractivity contribution in [2.75, 3.05) is 20.8 Å². The maximum Gasteiger partial charge on any atom is 0.239 e. The fraction of sp³-hybridized carbons (Fsp3) is 0.533. The molecule has 0 aliphatic rings. The number of phenols is 1. The Morgan fingerprint density at radius 1 is 1.45 bits per heavy atom. The molecule has 1 amide bonds. The second kappa shape index (κ2) is 7.87. The van der Waals surface area contributed by atoms with Gasteiger partial charge < -0.3 is 20.5 Å². The summed E-state index contributed by atoms with van der Waals surface area (Å²) in [6.07, 6.45) is 1.34. The number of hydrogen-bond donors (Lipinski definition) is 2. The number of aromatic hydroxyl groups is 1. The van der Waals surface area contributed by atoms with Crippen molar-refractivity contribution in [2.45, 2.75) is 31.8 Å². The van der Waals surface area contributed by atoms with Gasteiger partial charge in [0.1, 0.15) is 5.75 Å². The number of amides is 1. The van der Waals surface area contributed by atoms with Gasteiger partial charge in [0.25, 0.3) is 0 Å². The van der Waals surface area contributed by atoms with E-state index >= 15 is 0 Å². The Morgan fingerprint density at radius 2 is 2.10 bits per heavy atom. The zero-order valence-electron chi connectivity index (χ0n) is 12.4. The van der Waals surface area contributed by atoms with Gasteiger partial charge in [0.2, 0.25) is 5.91 Å². The molecule has 0 aliphatic carbocycles. The Hall–Kier alpha value is -1.59. The lowest BCUT2D eigenvalue weighted by Gasteiger charge is -2.28.